The first-order valence-electron chi connectivity index (χ1n) is 10.9. The van der Waals surface area contributed by atoms with E-state index in [2.05, 4.69) is 38.2 Å². The number of aryl methyl sites for hydroxylation is 1. The summed E-state index contributed by atoms with van der Waals surface area (Å²) in [4.78, 5) is 0. The fraction of sp³-hybridized carbons (Fsp3) is 0.481. The average molecular weight is 413 g/mol. The van der Waals surface area contributed by atoms with Gasteiger partial charge in [-0.15, -0.1) is 0 Å². The van der Waals surface area contributed by atoms with Crippen LogP contribution in [0.3, 0.4) is 0 Å². The van der Waals surface area contributed by atoms with Crippen molar-refractivity contribution in [3.63, 3.8) is 0 Å². The Hall–Kier alpha value is -2.26. The molecule has 0 saturated carbocycles. The first-order valence-corrected chi connectivity index (χ1v) is 10.9. The lowest BCUT2D eigenvalue weighted by Gasteiger charge is -2.09. The molecule has 0 heterocycles. The molecule has 3 nitrogen and oxygen atoms in total. The summed E-state index contributed by atoms with van der Waals surface area (Å²) in [6.45, 7) is 12.2. The summed E-state index contributed by atoms with van der Waals surface area (Å²) >= 11 is 0. The monoisotopic (exact) mass is 412 g/mol. The highest BCUT2D eigenvalue weighted by Crippen LogP contribution is 2.28. The van der Waals surface area contributed by atoms with E-state index in [0.717, 1.165) is 36.8 Å². The van der Waals surface area contributed by atoms with Gasteiger partial charge in [0.1, 0.15) is 11.5 Å². The van der Waals surface area contributed by atoms with E-state index in [9.17, 15) is 15.3 Å². The van der Waals surface area contributed by atoms with Crippen LogP contribution < -0.4 is 0 Å². The Labute approximate surface area is 183 Å². The molecule has 1 unspecified atom stereocenters. The van der Waals surface area contributed by atoms with Crippen molar-refractivity contribution in [3.05, 3.63) is 69.9 Å². The third-order valence-corrected chi connectivity index (χ3v) is 5.35. The molecule has 1 aromatic rings. The van der Waals surface area contributed by atoms with E-state index in [1.54, 1.807) is 19.1 Å². The maximum Gasteiger partial charge on any atom is 0.122 e. The zero-order chi connectivity index (χ0) is 22.7. The van der Waals surface area contributed by atoms with E-state index < -0.39 is 0 Å². The quantitative estimate of drug-likeness (QED) is 0.269. The molecule has 30 heavy (non-hydrogen) atoms. The van der Waals surface area contributed by atoms with E-state index in [-0.39, 0.29) is 17.6 Å². The van der Waals surface area contributed by atoms with Crippen molar-refractivity contribution in [1.82, 2.24) is 0 Å². The molecule has 0 bridgehead atoms. The van der Waals surface area contributed by atoms with Crippen LogP contribution in [0.2, 0.25) is 0 Å². The smallest absolute Gasteiger partial charge is 0.122 e. The Kier molecular flexibility index (Phi) is 11.3. The molecule has 1 rings (SSSR count). The molecule has 0 aliphatic heterocycles. The normalized spacial score (nSPS) is 14.0. The van der Waals surface area contributed by atoms with Crippen molar-refractivity contribution < 1.29 is 15.3 Å². The summed E-state index contributed by atoms with van der Waals surface area (Å²) < 4.78 is 0. The number of rotatable bonds is 11. The molecule has 0 aliphatic rings. The number of phenols is 2. The number of phenolic OH excluding ortho intramolecular Hbond substituents is 2. The molecule has 1 atom stereocenters. The summed E-state index contributed by atoms with van der Waals surface area (Å²) in [6.07, 6.45) is 13.5. The number of aliphatic hydroxyl groups is 1. The lowest BCUT2D eigenvalue weighted by molar-refractivity contribution is 0.213. The van der Waals surface area contributed by atoms with Crippen LogP contribution in [0.15, 0.2) is 58.7 Å². The maximum atomic E-state index is 10.2. The minimum Gasteiger partial charge on any atom is -0.508 e. The molecular weight excluding hydrogens is 372 g/mol. The van der Waals surface area contributed by atoms with Gasteiger partial charge in [0, 0.05) is 5.56 Å². The third kappa shape index (κ3) is 9.98. The second-order valence-corrected chi connectivity index (χ2v) is 8.63. The first kappa shape index (κ1) is 25.8. The second-order valence-electron chi connectivity index (χ2n) is 8.63. The SMILES string of the molecule is CC(C)=CCC(O)C(C)=CCCC(C)=CCCC(C)=CCc1cc(O)cc(C)c1O. The Morgan fingerprint density at radius 2 is 1.47 bits per heavy atom. The van der Waals surface area contributed by atoms with Crippen LogP contribution in [0.5, 0.6) is 11.5 Å². The highest BCUT2D eigenvalue weighted by molar-refractivity contribution is 5.46. The summed E-state index contributed by atoms with van der Waals surface area (Å²) in [6, 6.07) is 3.20. The van der Waals surface area contributed by atoms with Gasteiger partial charge in [0.15, 0.2) is 0 Å². The number of benzene rings is 1. The molecule has 0 amide bonds. The van der Waals surface area contributed by atoms with Crippen molar-refractivity contribution in [2.75, 3.05) is 0 Å². The first-order chi connectivity index (χ1) is 14.1. The standard InChI is InChI=1S/C27H40O3/c1-19(2)13-16-26(29)22(5)12-8-11-20(3)9-7-10-21(4)14-15-24-18-25(28)17-23(6)27(24)30/h9,12-14,17-18,26,28-30H,7-8,10-11,15-16H2,1-6H3. The predicted octanol–water partition coefficient (Wildman–Crippen LogP) is 7.07. The number of aliphatic hydroxyl groups excluding tert-OH is 1. The fourth-order valence-electron chi connectivity index (χ4n) is 3.22. The predicted molar refractivity (Wildman–Crippen MR) is 128 cm³/mol. The highest BCUT2D eigenvalue weighted by Gasteiger charge is 2.06. The van der Waals surface area contributed by atoms with Crippen LogP contribution in [-0.4, -0.2) is 21.4 Å². The summed E-state index contributed by atoms with van der Waals surface area (Å²) in [7, 11) is 0. The van der Waals surface area contributed by atoms with Crippen molar-refractivity contribution in [2.24, 2.45) is 0 Å². The van der Waals surface area contributed by atoms with Crippen molar-refractivity contribution in [2.45, 2.75) is 86.2 Å². The van der Waals surface area contributed by atoms with Gasteiger partial charge in [-0.25, -0.2) is 0 Å². The molecule has 0 radical (unpaired) electrons. The molecule has 0 fully saturated rings. The minimum atomic E-state index is -0.383. The van der Waals surface area contributed by atoms with Crippen LogP contribution in [0.25, 0.3) is 0 Å². The summed E-state index contributed by atoms with van der Waals surface area (Å²) in [5.74, 6) is 0.459. The van der Waals surface area contributed by atoms with Crippen LogP contribution >= 0.6 is 0 Å². The zero-order valence-corrected chi connectivity index (χ0v) is 19.6. The molecule has 0 aromatic heterocycles. The van der Waals surface area contributed by atoms with Crippen LogP contribution in [0.4, 0.5) is 0 Å². The average Bonchev–Trinajstić information content (AvgIpc) is 2.67. The fourth-order valence-corrected chi connectivity index (χ4v) is 3.22. The van der Waals surface area contributed by atoms with Crippen molar-refractivity contribution >= 4 is 0 Å². The molecule has 1 aromatic carbocycles. The molecule has 166 valence electrons. The van der Waals surface area contributed by atoms with Gasteiger partial charge in [0.2, 0.25) is 0 Å². The van der Waals surface area contributed by atoms with Crippen LogP contribution in [0, 0.1) is 6.92 Å². The van der Waals surface area contributed by atoms with E-state index in [1.807, 2.05) is 20.8 Å². The van der Waals surface area contributed by atoms with Crippen LogP contribution in [-0.2, 0) is 6.42 Å². The number of allylic oxidation sites excluding steroid dienone is 6. The van der Waals surface area contributed by atoms with Gasteiger partial charge in [-0.3, -0.25) is 0 Å². The molecule has 0 aliphatic carbocycles. The van der Waals surface area contributed by atoms with Gasteiger partial charge in [-0.1, -0.05) is 41.0 Å². The van der Waals surface area contributed by atoms with Crippen molar-refractivity contribution in [1.29, 1.82) is 0 Å². The Morgan fingerprint density at radius 3 is 2.10 bits per heavy atom. The highest BCUT2D eigenvalue weighted by atomic mass is 16.3. The summed E-state index contributed by atoms with van der Waals surface area (Å²) in [5.41, 5.74) is 6.38. The number of aromatic hydroxyl groups is 2. The lowest BCUT2D eigenvalue weighted by atomic mass is 10.0. The number of hydrogen-bond donors (Lipinski definition) is 3. The van der Waals surface area contributed by atoms with Gasteiger partial charge in [0.05, 0.1) is 6.10 Å². The molecule has 0 spiro atoms. The van der Waals surface area contributed by atoms with Gasteiger partial charge in [-0.2, -0.15) is 0 Å². The van der Waals surface area contributed by atoms with Crippen LogP contribution in [0.1, 0.15) is 77.8 Å². The Morgan fingerprint density at radius 1 is 0.867 bits per heavy atom. The molecular formula is C27H40O3. The zero-order valence-electron chi connectivity index (χ0n) is 19.6. The van der Waals surface area contributed by atoms with E-state index in [0.29, 0.717) is 18.4 Å². The maximum absolute atomic E-state index is 10.2. The van der Waals surface area contributed by atoms with Crippen molar-refractivity contribution in [3.8, 4) is 11.5 Å². The molecule has 3 N–H and O–H groups in total. The third-order valence-electron chi connectivity index (χ3n) is 5.35. The van der Waals surface area contributed by atoms with Gasteiger partial charge in [-0.05, 0) is 103 Å². The van der Waals surface area contributed by atoms with E-state index >= 15 is 0 Å². The molecule has 3 heteroatoms. The lowest BCUT2D eigenvalue weighted by Crippen LogP contribution is -2.06. The molecule has 0 saturated heterocycles. The minimum absolute atomic E-state index is 0.193. The van der Waals surface area contributed by atoms with Gasteiger partial charge in [0.25, 0.3) is 0 Å². The largest absolute Gasteiger partial charge is 0.508 e. The Bertz CT molecular complexity index is 806. The van der Waals surface area contributed by atoms with Gasteiger partial charge >= 0.3 is 0 Å². The Balaban J connectivity index is 2.45. The number of hydrogen-bond acceptors (Lipinski definition) is 3. The second kappa shape index (κ2) is 13.1. The van der Waals surface area contributed by atoms with E-state index in [4.69, 9.17) is 0 Å². The summed E-state index contributed by atoms with van der Waals surface area (Å²) in [5, 5.41) is 30.0. The van der Waals surface area contributed by atoms with Gasteiger partial charge < -0.3 is 15.3 Å². The topological polar surface area (TPSA) is 60.7 Å². The van der Waals surface area contributed by atoms with E-state index in [1.165, 1.54) is 16.7 Å².